The van der Waals surface area contributed by atoms with Gasteiger partial charge < -0.3 is 34.6 Å². The van der Waals surface area contributed by atoms with Gasteiger partial charge in [-0.1, -0.05) is 74.5 Å². The second-order valence-corrected chi connectivity index (χ2v) is 18.4. The molecule has 0 radical (unpaired) electrons. The molecule has 0 amide bonds. The molecule has 1 aliphatic carbocycles. The van der Waals surface area contributed by atoms with E-state index in [2.05, 4.69) is 79.8 Å². The predicted molar refractivity (Wildman–Crippen MR) is 279 cm³/mol. The number of halogens is 1. The van der Waals surface area contributed by atoms with Crippen molar-refractivity contribution in [3.63, 3.8) is 0 Å². The number of nitrogens with one attached hydrogen (secondary N) is 3. The van der Waals surface area contributed by atoms with Crippen molar-refractivity contribution >= 4 is 57.8 Å². The summed E-state index contributed by atoms with van der Waals surface area (Å²) in [4.78, 5) is 37.0. The van der Waals surface area contributed by atoms with Gasteiger partial charge in [-0.2, -0.15) is 10.5 Å². The molecule has 3 N–H and O–H groups in total. The molecule has 4 atom stereocenters. The number of H-pyrrole nitrogens is 2. The number of hydrogen-bond acceptors (Lipinski definition) is 11. The lowest BCUT2D eigenvalue weighted by Crippen LogP contribution is -2.49. The van der Waals surface area contributed by atoms with Crippen molar-refractivity contribution in [2.75, 3.05) is 39.3 Å². The molecule has 1 saturated carbocycles. The quantitative estimate of drug-likeness (QED) is 0.0861. The normalized spacial score (nSPS) is 19.8. The van der Waals surface area contributed by atoms with Crippen molar-refractivity contribution < 1.29 is 9.47 Å². The van der Waals surface area contributed by atoms with Crippen molar-refractivity contribution in [3.8, 4) is 23.9 Å². The molecule has 0 bridgehead atoms. The average Bonchev–Trinajstić information content (AvgIpc) is 4.26. The Morgan fingerprint density at radius 3 is 1.63 bits per heavy atom. The van der Waals surface area contributed by atoms with Gasteiger partial charge in [-0.25, -0.2) is 19.9 Å². The van der Waals surface area contributed by atoms with Crippen LogP contribution in [0, 0.1) is 34.7 Å². The molecule has 4 fully saturated rings. The molecule has 12 rings (SSSR count). The lowest BCUT2D eigenvalue weighted by Gasteiger charge is -2.40. The van der Waals surface area contributed by atoms with E-state index in [1.54, 1.807) is 30.5 Å². The lowest BCUT2D eigenvalue weighted by molar-refractivity contribution is 0.216. The SMILES string of the molecule is C1CCNC1.C[C@@H]1CCCC[C@@H]1c1ncc2cnc3[nH]ccc3n12.C[C@@H]1CCN(C(=NC#N)N2CCCC2)C[C@@H]1c1ncc2cnc3[nH]ccc3n12.Cl.N#CN=C(Oc1ccccc1)Oc1ccccc1. The minimum atomic E-state index is -0.102. The second kappa shape index (κ2) is 24.4. The van der Waals surface area contributed by atoms with Gasteiger partial charge >= 0.3 is 6.08 Å². The molecular formula is C53H62ClN15O2. The van der Waals surface area contributed by atoms with E-state index in [0.717, 1.165) is 83.7 Å². The first-order valence-electron chi connectivity index (χ1n) is 24.7. The minimum Gasteiger partial charge on any atom is -0.410 e. The second-order valence-electron chi connectivity index (χ2n) is 18.4. The fraction of sp³-hybridized carbons (Fsp3) is 0.396. The van der Waals surface area contributed by atoms with Crippen molar-refractivity contribution in [2.24, 2.45) is 21.8 Å². The zero-order valence-electron chi connectivity index (χ0n) is 40.4. The Hall–Kier alpha value is -7.47. The zero-order valence-corrected chi connectivity index (χ0v) is 41.2. The number of ether oxygens (including phenoxy) is 2. The highest BCUT2D eigenvalue weighted by molar-refractivity contribution is 5.85. The topological polar surface area (TPSA) is 201 Å². The zero-order chi connectivity index (χ0) is 48.1. The molecule has 8 aromatic rings. The monoisotopic (exact) mass is 975 g/mol. The Morgan fingerprint density at radius 1 is 0.592 bits per heavy atom. The third kappa shape index (κ3) is 11.9. The standard InChI is InChI=1S/C20H24N8.C15H18N4.C14H10N2O2.C4H9N.ClH/c1-14-5-9-27(20(25-13-21)26-7-2-3-8-26)12-16(14)19-24-11-15-10-23-18-17(28(15)19)4-6-22-18;1-10-4-2-3-5-12(10)15-18-9-11-8-17-14-13(19(11)15)6-7-16-14;15-11-16-14(17-12-7-3-1-4-8-12)18-13-9-5-2-6-10-13;1-2-4-5-3-1;/h4,6,10-11,14,16,22H,2-3,5,7-9,12H2,1H3;6-10,12,16H,2-5H2,1H3;1-10H;5H,1-4H2;1H/t14-,16+;10-,12+;;;/m11.../s1. The maximum Gasteiger partial charge on any atom is 0.410 e. The first kappa shape index (κ1) is 49.9. The van der Waals surface area contributed by atoms with Crippen LogP contribution in [0.4, 0.5) is 0 Å². The van der Waals surface area contributed by atoms with Gasteiger partial charge in [0.15, 0.2) is 11.3 Å². The molecule has 9 heterocycles. The smallest absolute Gasteiger partial charge is 0.410 e. The summed E-state index contributed by atoms with van der Waals surface area (Å²) in [5, 5.41) is 21.1. The minimum absolute atomic E-state index is 0. The fourth-order valence-electron chi connectivity index (χ4n) is 10.0. The largest absolute Gasteiger partial charge is 0.410 e. The van der Waals surface area contributed by atoms with Gasteiger partial charge in [0.25, 0.3) is 0 Å². The van der Waals surface area contributed by atoms with Gasteiger partial charge in [0.1, 0.15) is 23.1 Å². The van der Waals surface area contributed by atoms with Gasteiger partial charge in [0, 0.05) is 50.4 Å². The van der Waals surface area contributed by atoms with E-state index in [0.29, 0.717) is 23.3 Å². The van der Waals surface area contributed by atoms with Gasteiger partial charge in [-0.05, 0) is 99.8 Å². The molecule has 0 spiro atoms. The number of nitriles is 2. The summed E-state index contributed by atoms with van der Waals surface area (Å²) in [5.74, 6) is 6.31. The van der Waals surface area contributed by atoms with Gasteiger partial charge in [0.05, 0.1) is 46.9 Å². The van der Waals surface area contributed by atoms with Crippen molar-refractivity contribution in [1.29, 1.82) is 10.5 Å². The molecule has 71 heavy (non-hydrogen) atoms. The van der Waals surface area contributed by atoms with Crippen LogP contribution < -0.4 is 14.8 Å². The van der Waals surface area contributed by atoms with Gasteiger partial charge in [-0.3, -0.25) is 8.80 Å². The number of likely N-dealkylation sites (tertiary alicyclic amines) is 2. The number of guanidine groups is 1. The summed E-state index contributed by atoms with van der Waals surface area (Å²) < 4.78 is 15.2. The van der Waals surface area contributed by atoms with Crippen molar-refractivity contribution in [1.82, 2.24) is 53.8 Å². The van der Waals surface area contributed by atoms with Crippen LogP contribution in [0.15, 0.2) is 120 Å². The van der Waals surface area contributed by atoms with Crippen LogP contribution in [-0.2, 0) is 0 Å². The number of nitrogens with zero attached hydrogens (tertiary/aromatic N) is 12. The number of hydrogen-bond donors (Lipinski definition) is 3. The number of aromatic amines is 2. The maximum atomic E-state index is 9.25. The van der Waals surface area contributed by atoms with Crippen LogP contribution in [-0.4, -0.2) is 99.8 Å². The summed E-state index contributed by atoms with van der Waals surface area (Å²) in [5.41, 5.74) is 6.12. The maximum absolute atomic E-state index is 9.25. The third-order valence-electron chi connectivity index (χ3n) is 13.7. The van der Waals surface area contributed by atoms with Crippen LogP contribution in [0.1, 0.15) is 95.1 Å². The lowest BCUT2D eigenvalue weighted by atomic mass is 9.80. The Morgan fingerprint density at radius 2 is 1.11 bits per heavy atom. The van der Waals surface area contributed by atoms with Crippen molar-refractivity contribution in [2.45, 2.75) is 83.5 Å². The number of rotatable bonds is 4. The molecule has 0 unspecified atom stereocenters. The molecule has 2 aromatic carbocycles. The summed E-state index contributed by atoms with van der Waals surface area (Å²) in [6.07, 6.45) is 26.5. The van der Waals surface area contributed by atoms with Crippen LogP contribution in [0.25, 0.3) is 33.4 Å². The van der Waals surface area contributed by atoms with Gasteiger partial charge in [0.2, 0.25) is 18.3 Å². The summed E-state index contributed by atoms with van der Waals surface area (Å²) in [6, 6.07) is 22.2. The molecule has 18 heteroatoms. The molecule has 6 aromatic heterocycles. The summed E-state index contributed by atoms with van der Waals surface area (Å²) in [6.45, 7) is 10.9. The molecule has 3 saturated heterocycles. The molecule has 368 valence electrons. The number of para-hydroxylation sites is 2. The number of aromatic nitrogens is 8. The average molecular weight is 977 g/mol. The van der Waals surface area contributed by atoms with E-state index in [-0.39, 0.29) is 24.4 Å². The number of aliphatic imine (C=N–C) groups is 2. The Labute approximate surface area is 420 Å². The number of imidazole rings is 2. The van der Waals surface area contributed by atoms with Crippen LogP contribution in [0.5, 0.6) is 11.5 Å². The fourth-order valence-corrected chi connectivity index (χ4v) is 10.0. The van der Waals surface area contributed by atoms with E-state index in [4.69, 9.17) is 24.7 Å². The molecule has 17 nitrogen and oxygen atoms in total. The summed E-state index contributed by atoms with van der Waals surface area (Å²) >= 11 is 0. The van der Waals surface area contributed by atoms with Crippen LogP contribution in [0.3, 0.4) is 0 Å². The van der Waals surface area contributed by atoms with E-state index in [1.165, 1.54) is 70.3 Å². The van der Waals surface area contributed by atoms with Crippen molar-refractivity contribution in [3.05, 3.63) is 122 Å². The van der Waals surface area contributed by atoms with E-state index in [1.807, 2.05) is 79.8 Å². The number of fused-ring (bicyclic) bond motifs is 6. The van der Waals surface area contributed by atoms with E-state index in [9.17, 15) is 5.26 Å². The summed E-state index contributed by atoms with van der Waals surface area (Å²) in [7, 11) is 0. The third-order valence-corrected chi connectivity index (χ3v) is 13.7. The molecule has 4 aliphatic rings. The predicted octanol–water partition coefficient (Wildman–Crippen LogP) is 9.85. The highest BCUT2D eigenvalue weighted by Gasteiger charge is 2.34. The first-order valence-corrected chi connectivity index (χ1v) is 24.7. The van der Waals surface area contributed by atoms with Gasteiger partial charge in [-0.15, -0.1) is 17.4 Å². The molecule has 3 aliphatic heterocycles. The number of benzene rings is 2. The molecular weight excluding hydrogens is 914 g/mol. The number of piperidine rings is 1. The van der Waals surface area contributed by atoms with E-state index < -0.39 is 0 Å². The van der Waals surface area contributed by atoms with Crippen LogP contribution >= 0.6 is 12.4 Å². The highest BCUT2D eigenvalue weighted by Crippen LogP contribution is 2.38. The Bertz CT molecular complexity index is 3030. The van der Waals surface area contributed by atoms with Crippen LogP contribution in [0.2, 0.25) is 0 Å². The first-order chi connectivity index (χ1) is 34.5. The highest BCUT2D eigenvalue weighted by atomic mass is 35.5. The Kier molecular flexibility index (Phi) is 17.2. The Balaban J connectivity index is 0.000000139. The van der Waals surface area contributed by atoms with E-state index >= 15 is 0 Å².